The molecule has 0 amide bonds. The maximum Gasteiger partial charge on any atom is 0.370 e. The summed E-state index contributed by atoms with van der Waals surface area (Å²) >= 11 is 1.86. The fraction of sp³-hybridized carbons (Fsp3) is 0.250. The fourth-order valence-electron chi connectivity index (χ4n) is 2.35. The van der Waals surface area contributed by atoms with Crippen molar-refractivity contribution in [1.29, 1.82) is 0 Å². The minimum absolute atomic E-state index is 1.11. The molecule has 2 rings (SSSR count). The highest BCUT2D eigenvalue weighted by Crippen LogP contribution is 2.60. The maximum atomic E-state index is 13.0. The van der Waals surface area contributed by atoms with Crippen LogP contribution in [0.2, 0.25) is 26.2 Å². The first kappa shape index (κ1) is 19.1. The Morgan fingerprint density at radius 2 is 1.04 bits per heavy atom. The van der Waals surface area contributed by atoms with E-state index in [4.69, 9.17) is 8.43 Å². The average molecular weight is 476 g/mol. The van der Waals surface area contributed by atoms with E-state index in [1.165, 1.54) is 0 Å². The Balaban J connectivity index is 2.17. The number of rotatable bonds is 6. The number of benzene rings is 2. The van der Waals surface area contributed by atoms with Crippen molar-refractivity contribution >= 4 is 54.3 Å². The lowest BCUT2D eigenvalue weighted by molar-refractivity contribution is 0.413. The molecular formula is C16H22IO3PSi2. The zero-order valence-corrected chi connectivity index (χ0v) is 18.9. The summed E-state index contributed by atoms with van der Waals surface area (Å²) in [6, 6.07) is 20.0. The van der Waals surface area contributed by atoms with E-state index >= 15 is 0 Å². The predicted molar refractivity (Wildman–Crippen MR) is 111 cm³/mol. The molecule has 0 heterocycles. The van der Waals surface area contributed by atoms with Crippen LogP contribution >= 0.6 is 27.3 Å². The van der Waals surface area contributed by atoms with Gasteiger partial charge in [-0.1, -0.05) is 60.7 Å². The first-order chi connectivity index (χ1) is 10.6. The highest BCUT2D eigenvalue weighted by molar-refractivity contribution is 14.2. The Bertz CT molecular complexity index is 635. The van der Waals surface area contributed by atoms with Crippen LogP contribution in [0, 0.1) is 0 Å². The Morgan fingerprint density at radius 1 is 0.739 bits per heavy atom. The number of hydrogen-bond acceptors (Lipinski definition) is 3. The quantitative estimate of drug-likeness (QED) is 0.342. The third-order valence-electron chi connectivity index (χ3n) is 3.61. The standard InChI is InChI=1S/C16H22IO3PSi2/c1-22(2,15-11-7-5-8-12-15)19-21(17,18)20-23(3,4)16-13-9-6-10-14-16/h5-14H,1-4H3. The number of halogens is 1. The second-order valence-electron chi connectivity index (χ2n) is 6.37. The zero-order chi connectivity index (χ0) is 17.1. The molecule has 0 atom stereocenters. The minimum Gasteiger partial charge on any atom is -0.339 e. The fourth-order valence-corrected chi connectivity index (χ4v) is 18.9. The smallest absolute Gasteiger partial charge is 0.339 e. The Labute approximate surface area is 153 Å². The van der Waals surface area contributed by atoms with Crippen molar-refractivity contribution in [2.24, 2.45) is 0 Å². The van der Waals surface area contributed by atoms with E-state index in [0.717, 1.165) is 10.4 Å². The van der Waals surface area contributed by atoms with Crippen molar-refractivity contribution in [3.8, 4) is 0 Å². The van der Waals surface area contributed by atoms with Crippen LogP contribution in [-0.2, 0) is 13.0 Å². The molecule has 0 fully saturated rings. The van der Waals surface area contributed by atoms with Gasteiger partial charge < -0.3 is 8.43 Å². The molecule has 0 N–H and O–H groups in total. The number of hydrogen-bond donors (Lipinski definition) is 0. The summed E-state index contributed by atoms with van der Waals surface area (Å²) in [6.45, 7) is 8.20. The van der Waals surface area contributed by atoms with Gasteiger partial charge in [0.05, 0.1) is 22.0 Å². The van der Waals surface area contributed by atoms with E-state index in [1.54, 1.807) is 0 Å². The van der Waals surface area contributed by atoms with Crippen LogP contribution in [0.5, 0.6) is 0 Å². The summed E-state index contributed by atoms with van der Waals surface area (Å²) in [5.74, 6) is 0. The van der Waals surface area contributed by atoms with E-state index < -0.39 is 21.9 Å². The largest absolute Gasteiger partial charge is 0.370 e. The van der Waals surface area contributed by atoms with Gasteiger partial charge in [0.15, 0.2) is 0 Å². The molecule has 0 radical (unpaired) electrons. The van der Waals surface area contributed by atoms with Gasteiger partial charge >= 0.3 is 5.24 Å². The molecular weight excluding hydrogens is 454 g/mol. The van der Waals surface area contributed by atoms with Crippen LogP contribution in [0.4, 0.5) is 0 Å². The summed E-state index contributed by atoms with van der Waals surface area (Å²) in [5.41, 5.74) is 0. The van der Waals surface area contributed by atoms with Gasteiger partial charge in [-0.15, -0.1) is 0 Å². The molecule has 0 aliphatic rings. The van der Waals surface area contributed by atoms with Gasteiger partial charge in [0.25, 0.3) is 0 Å². The van der Waals surface area contributed by atoms with Crippen LogP contribution in [0.25, 0.3) is 0 Å². The molecule has 2 aromatic rings. The molecule has 0 spiro atoms. The molecule has 23 heavy (non-hydrogen) atoms. The second kappa shape index (κ2) is 7.33. The summed E-state index contributed by atoms with van der Waals surface area (Å²) in [4.78, 5) is 0. The molecule has 0 saturated heterocycles. The van der Waals surface area contributed by atoms with Gasteiger partial charge in [0, 0.05) is 0 Å². The van der Waals surface area contributed by atoms with Gasteiger partial charge in [-0.3, -0.25) is 4.57 Å². The Hall–Kier alpha value is -0.246. The first-order valence-electron chi connectivity index (χ1n) is 7.45. The highest BCUT2D eigenvalue weighted by Gasteiger charge is 2.40. The van der Waals surface area contributed by atoms with Crippen LogP contribution in [0.1, 0.15) is 0 Å². The van der Waals surface area contributed by atoms with Crippen LogP contribution < -0.4 is 10.4 Å². The van der Waals surface area contributed by atoms with Gasteiger partial charge in [-0.25, -0.2) is 0 Å². The Kier molecular flexibility index (Phi) is 6.08. The third-order valence-corrected chi connectivity index (χ3v) is 16.0. The lowest BCUT2D eigenvalue weighted by Gasteiger charge is -2.31. The molecule has 0 aliphatic heterocycles. The maximum absolute atomic E-state index is 13.0. The van der Waals surface area contributed by atoms with Gasteiger partial charge in [-0.2, -0.15) is 0 Å². The van der Waals surface area contributed by atoms with Crippen LogP contribution in [0.15, 0.2) is 60.7 Å². The van der Waals surface area contributed by atoms with Gasteiger partial charge in [0.1, 0.15) is 0 Å². The molecule has 7 heteroatoms. The topological polar surface area (TPSA) is 35.5 Å². The summed E-state index contributed by atoms with van der Waals surface area (Å²) in [5, 5.41) is -0.951. The van der Waals surface area contributed by atoms with Crippen LogP contribution in [-0.4, -0.2) is 16.6 Å². The van der Waals surface area contributed by atoms with Gasteiger partial charge in [0.2, 0.25) is 16.6 Å². The minimum atomic E-state index is -3.17. The third kappa shape index (κ3) is 5.37. The molecule has 124 valence electrons. The van der Waals surface area contributed by atoms with Crippen molar-refractivity contribution in [1.82, 2.24) is 0 Å². The average Bonchev–Trinajstić information content (AvgIpc) is 2.47. The van der Waals surface area contributed by atoms with Gasteiger partial charge in [-0.05, 0) is 36.6 Å². The van der Waals surface area contributed by atoms with Crippen LogP contribution in [0.3, 0.4) is 0 Å². The molecule has 0 bridgehead atoms. The summed E-state index contributed by atoms with van der Waals surface area (Å²) < 4.78 is 25.1. The van der Waals surface area contributed by atoms with E-state index in [2.05, 4.69) is 0 Å². The normalized spacial score (nSPS) is 13.1. The molecule has 0 unspecified atom stereocenters. The van der Waals surface area contributed by atoms with E-state index in [1.807, 2.05) is 109 Å². The van der Waals surface area contributed by atoms with Crippen molar-refractivity contribution in [3.63, 3.8) is 0 Å². The van der Waals surface area contributed by atoms with E-state index in [9.17, 15) is 4.57 Å². The second-order valence-corrected chi connectivity index (χ2v) is 19.4. The molecule has 2 aromatic carbocycles. The monoisotopic (exact) mass is 476 g/mol. The summed E-state index contributed by atoms with van der Waals surface area (Å²) in [6.07, 6.45) is 0. The van der Waals surface area contributed by atoms with E-state index in [-0.39, 0.29) is 0 Å². The van der Waals surface area contributed by atoms with Crippen molar-refractivity contribution in [2.75, 3.05) is 0 Å². The van der Waals surface area contributed by atoms with E-state index in [0.29, 0.717) is 0 Å². The molecule has 0 saturated carbocycles. The summed E-state index contributed by atoms with van der Waals surface area (Å²) in [7, 11) is -4.58. The zero-order valence-electron chi connectivity index (χ0n) is 13.8. The van der Waals surface area contributed by atoms with Crippen molar-refractivity contribution in [2.45, 2.75) is 26.2 Å². The Morgan fingerprint density at radius 3 is 1.35 bits per heavy atom. The lowest BCUT2D eigenvalue weighted by atomic mass is 10.4. The highest BCUT2D eigenvalue weighted by atomic mass is 127. The molecule has 0 aliphatic carbocycles. The molecule has 0 aromatic heterocycles. The first-order valence-corrected chi connectivity index (χ1v) is 17.6. The van der Waals surface area contributed by atoms with Crippen molar-refractivity contribution < 1.29 is 13.0 Å². The lowest BCUT2D eigenvalue weighted by Crippen LogP contribution is -2.46. The predicted octanol–water partition coefficient (Wildman–Crippen LogP) is 4.79. The van der Waals surface area contributed by atoms with Crippen molar-refractivity contribution in [3.05, 3.63) is 60.7 Å². The molecule has 3 nitrogen and oxygen atoms in total. The SMILES string of the molecule is C[Si](C)(OP(=O)(I)O[Si](C)(C)c1ccccc1)c1ccccc1.